The Morgan fingerprint density at radius 2 is 0.692 bits per heavy atom. The predicted octanol–water partition coefficient (Wildman–Crippen LogP) is 1.58. The summed E-state index contributed by atoms with van der Waals surface area (Å²) in [6.45, 7) is 0. The molecule has 86 valence electrons. The largest absolute Gasteiger partial charge is 1.00 e. The molecule has 0 atom stereocenters. The third-order valence-corrected chi connectivity index (χ3v) is 1.33. The van der Waals surface area contributed by atoms with Crippen LogP contribution in [0.1, 0.15) is 48.0 Å². The van der Waals surface area contributed by atoms with Gasteiger partial charge in [-0.15, -0.1) is 0 Å². The monoisotopic (exact) mass is 297 g/mol. The zero-order chi connectivity index (χ0) is 5.66. The molecule has 0 aliphatic heterocycles. The first kappa shape index (κ1) is 29.2. The van der Waals surface area contributed by atoms with E-state index in [0.29, 0.717) is 0 Å². The van der Waals surface area contributed by atoms with E-state index in [1.165, 1.54) is 25.7 Å². The van der Waals surface area contributed by atoms with Crippen LogP contribution in [0.5, 0.6) is 0 Å². The van der Waals surface area contributed by atoms with Gasteiger partial charge in [0.05, 0.1) is 0 Å². The van der Waals surface area contributed by atoms with Crippen LogP contribution < -0.4 is 12.4 Å². The van der Waals surface area contributed by atoms with Gasteiger partial charge in [-0.2, -0.15) is 0 Å². The average molecular weight is 298 g/mol. The van der Waals surface area contributed by atoms with Crippen molar-refractivity contribution in [1.82, 2.24) is 0 Å². The Balaban J connectivity index is -0.0000000427. The van der Waals surface area contributed by atoms with Crippen LogP contribution >= 0.6 is 0 Å². The molecule has 0 heterocycles. The molecular weight excluding hydrogens is 274 g/mol. The summed E-state index contributed by atoms with van der Waals surface area (Å²) >= 11 is 0. The summed E-state index contributed by atoms with van der Waals surface area (Å²) in [6, 6.07) is 0. The molecule has 0 saturated carbocycles. The van der Waals surface area contributed by atoms with Crippen molar-refractivity contribution in [2.45, 2.75) is 48.0 Å². The maximum Gasteiger partial charge on any atom is 0 e. The van der Waals surface area contributed by atoms with Crippen LogP contribution in [-0.2, 0) is 20.4 Å². The van der Waals surface area contributed by atoms with Crippen molar-refractivity contribution >= 4 is 0 Å². The van der Waals surface area contributed by atoms with E-state index in [2.05, 4.69) is 24.3 Å². The van der Waals surface area contributed by atoms with Crippen molar-refractivity contribution in [3.05, 3.63) is 24.3 Å². The van der Waals surface area contributed by atoms with Crippen molar-refractivity contribution in [1.29, 1.82) is 0 Å². The molecule has 0 N–H and O–H groups in total. The molecule has 0 fully saturated rings. The van der Waals surface area contributed by atoms with E-state index in [1.54, 1.807) is 0 Å². The van der Waals surface area contributed by atoms with E-state index in [4.69, 9.17) is 0 Å². The Hall–Kier alpha value is 0.432. The Labute approximate surface area is 105 Å². The SMILES string of the molecule is C.C.C.C1=CCCC=CCC1.[Cl-].[Pd]. The minimum absolute atomic E-state index is 0. The number of rotatable bonds is 0. The van der Waals surface area contributed by atoms with E-state index in [1.807, 2.05) is 0 Å². The maximum absolute atomic E-state index is 2.27. The molecule has 0 spiro atoms. The van der Waals surface area contributed by atoms with Gasteiger partial charge in [-0.25, -0.2) is 0 Å². The molecule has 0 nitrogen and oxygen atoms in total. The molecule has 13 heavy (non-hydrogen) atoms. The molecule has 0 amide bonds. The fourth-order valence-electron chi connectivity index (χ4n) is 0.856. The van der Waals surface area contributed by atoms with Crippen molar-refractivity contribution in [3.63, 3.8) is 0 Å². The van der Waals surface area contributed by atoms with Gasteiger partial charge < -0.3 is 12.4 Å². The Bertz CT molecular complexity index is 82.7. The normalized spacial score (nSPS) is 12.3. The van der Waals surface area contributed by atoms with Gasteiger partial charge in [0.15, 0.2) is 0 Å². The Morgan fingerprint density at radius 3 is 0.846 bits per heavy atom. The first-order valence-corrected chi connectivity index (χ1v) is 3.30. The summed E-state index contributed by atoms with van der Waals surface area (Å²) in [6.07, 6.45) is 14.0. The Kier molecular flexibility index (Phi) is 51.3. The average Bonchev–Trinajstić information content (AvgIpc) is 1.62. The number of hydrogen-bond acceptors (Lipinski definition) is 0. The van der Waals surface area contributed by atoms with Gasteiger partial charge in [0, 0.05) is 20.4 Å². The smallest absolute Gasteiger partial charge is 0 e. The van der Waals surface area contributed by atoms with Gasteiger partial charge in [-0.1, -0.05) is 46.6 Å². The van der Waals surface area contributed by atoms with Gasteiger partial charge in [0.1, 0.15) is 0 Å². The summed E-state index contributed by atoms with van der Waals surface area (Å²) < 4.78 is 0. The molecule has 0 aromatic carbocycles. The predicted molar refractivity (Wildman–Crippen MR) is 56.9 cm³/mol. The molecular formula is C11H24ClPd-. The molecule has 0 aromatic heterocycles. The first-order valence-electron chi connectivity index (χ1n) is 3.30. The minimum Gasteiger partial charge on any atom is -1.00 e. The molecule has 0 unspecified atom stereocenters. The second-order valence-electron chi connectivity index (χ2n) is 2.10. The topological polar surface area (TPSA) is 0 Å². The molecule has 0 bridgehead atoms. The van der Waals surface area contributed by atoms with E-state index in [9.17, 15) is 0 Å². The summed E-state index contributed by atoms with van der Waals surface area (Å²) in [4.78, 5) is 0. The van der Waals surface area contributed by atoms with E-state index >= 15 is 0 Å². The van der Waals surface area contributed by atoms with Crippen molar-refractivity contribution in [2.24, 2.45) is 0 Å². The second-order valence-corrected chi connectivity index (χ2v) is 2.10. The van der Waals surface area contributed by atoms with Crippen LogP contribution in [0.3, 0.4) is 0 Å². The van der Waals surface area contributed by atoms with Crippen molar-refractivity contribution in [2.75, 3.05) is 0 Å². The fourth-order valence-corrected chi connectivity index (χ4v) is 0.856. The van der Waals surface area contributed by atoms with E-state index in [0.717, 1.165) is 0 Å². The molecule has 2 heteroatoms. The standard InChI is InChI=1S/C8H12.3CH4.ClH.Pd/c1-2-4-6-8-7-5-3-1;;;;;/h1-2,7-8H,3-6H2;3*1H4;1H;/p-1. The van der Waals surface area contributed by atoms with E-state index in [-0.39, 0.29) is 55.1 Å². The summed E-state index contributed by atoms with van der Waals surface area (Å²) in [5, 5.41) is 0. The molecule has 0 aromatic rings. The van der Waals surface area contributed by atoms with Gasteiger partial charge in [-0.05, 0) is 25.7 Å². The van der Waals surface area contributed by atoms with Crippen LogP contribution in [0, 0.1) is 0 Å². The van der Waals surface area contributed by atoms with Crippen molar-refractivity contribution < 1.29 is 32.8 Å². The van der Waals surface area contributed by atoms with Gasteiger partial charge >= 0.3 is 0 Å². The molecule has 1 aliphatic rings. The number of hydrogen-bond donors (Lipinski definition) is 0. The van der Waals surface area contributed by atoms with Crippen molar-refractivity contribution in [3.8, 4) is 0 Å². The fraction of sp³-hybridized carbons (Fsp3) is 0.636. The third kappa shape index (κ3) is 19.0. The van der Waals surface area contributed by atoms with Crippen LogP contribution in [0.2, 0.25) is 0 Å². The van der Waals surface area contributed by atoms with Crippen LogP contribution in [0.25, 0.3) is 0 Å². The first-order chi connectivity index (χ1) is 4.00. The van der Waals surface area contributed by atoms with Crippen LogP contribution in [0.4, 0.5) is 0 Å². The number of allylic oxidation sites excluding steroid dienone is 4. The zero-order valence-electron chi connectivity index (χ0n) is 5.83. The van der Waals surface area contributed by atoms with Gasteiger partial charge in [0.2, 0.25) is 0 Å². The second kappa shape index (κ2) is 22.9. The number of halogens is 1. The van der Waals surface area contributed by atoms with Crippen LogP contribution in [0.15, 0.2) is 24.3 Å². The molecule has 0 saturated heterocycles. The summed E-state index contributed by atoms with van der Waals surface area (Å²) in [5.74, 6) is 0. The third-order valence-electron chi connectivity index (χ3n) is 1.33. The summed E-state index contributed by atoms with van der Waals surface area (Å²) in [7, 11) is 0. The molecule has 1 aliphatic carbocycles. The van der Waals surface area contributed by atoms with Gasteiger partial charge in [0.25, 0.3) is 0 Å². The van der Waals surface area contributed by atoms with Crippen LogP contribution in [-0.4, -0.2) is 0 Å². The Morgan fingerprint density at radius 1 is 0.538 bits per heavy atom. The summed E-state index contributed by atoms with van der Waals surface area (Å²) in [5.41, 5.74) is 0. The quantitative estimate of drug-likeness (QED) is 0.470. The molecule has 1 rings (SSSR count). The maximum atomic E-state index is 2.27. The van der Waals surface area contributed by atoms with E-state index < -0.39 is 0 Å². The van der Waals surface area contributed by atoms with Gasteiger partial charge in [-0.3, -0.25) is 0 Å². The molecule has 0 radical (unpaired) electrons. The minimum atomic E-state index is 0. The zero-order valence-corrected chi connectivity index (χ0v) is 8.14.